The number of hydrogen-bond acceptors (Lipinski definition) is 6. The molecule has 0 aliphatic heterocycles. The van der Waals surface area contributed by atoms with Crippen LogP contribution in [0.15, 0.2) is 12.4 Å². The van der Waals surface area contributed by atoms with Crippen LogP contribution in [0.2, 0.25) is 0 Å². The lowest BCUT2D eigenvalue weighted by atomic mass is 10.4. The minimum Gasteiger partial charge on any atom is -0.367 e. The Morgan fingerprint density at radius 2 is 2.15 bits per heavy atom. The molecule has 0 saturated carbocycles. The molecule has 0 saturated heterocycles. The summed E-state index contributed by atoms with van der Waals surface area (Å²) < 4.78 is 3.86. The number of nitrogens with two attached hydrogens (primary N) is 1. The number of hydrogen-bond donors (Lipinski definition) is 1. The molecule has 0 aliphatic rings. The molecule has 66 valence electrons. The number of anilines is 1. The van der Waals surface area contributed by atoms with Crippen molar-refractivity contribution in [1.29, 1.82) is 0 Å². The summed E-state index contributed by atoms with van der Waals surface area (Å²) in [7, 11) is 0. The Bertz CT molecular complexity index is 407. The SMILES string of the molecule is Cc1cnc(-c2nc(N)ns2)cn1. The maximum atomic E-state index is 5.39. The highest BCUT2D eigenvalue weighted by Crippen LogP contribution is 2.18. The Balaban J connectivity index is 2.41. The molecule has 0 unspecified atom stereocenters. The van der Waals surface area contributed by atoms with Gasteiger partial charge in [0.1, 0.15) is 5.69 Å². The molecular formula is C7H7N5S. The van der Waals surface area contributed by atoms with Crippen molar-refractivity contribution in [3.05, 3.63) is 18.1 Å². The summed E-state index contributed by atoms with van der Waals surface area (Å²) in [5, 5.41) is 0.699. The number of rotatable bonds is 1. The van der Waals surface area contributed by atoms with E-state index in [1.165, 1.54) is 11.5 Å². The molecule has 2 aromatic rings. The standard InChI is InChI=1S/C7H7N5S/c1-4-2-10-5(3-9-4)6-11-7(8)12-13-6/h2-3H,1H3,(H2,8,12). The maximum Gasteiger partial charge on any atom is 0.232 e. The summed E-state index contributed by atoms with van der Waals surface area (Å²) in [6.45, 7) is 1.88. The third kappa shape index (κ3) is 1.62. The zero-order valence-electron chi connectivity index (χ0n) is 6.93. The van der Waals surface area contributed by atoms with Gasteiger partial charge in [-0.05, 0) is 18.5 Å². The average Bonchev–Trinajstić information content (AvgIpc) is 2.53. The van der Waals surface area contributed by atoms with Gasteiger partial charge < -0.3 is 5.73 Å². The van der Waals surface area contributed by atoms with Crippen LogP contribution in [0, 0.1) is 6.92 Å². The molecule has 0 aromatic carbocycles. The monoisotopic (exact) mass is 193 g/mol. The molecule has 0 aliphatic carbocycles. The van der Waals surface area contributed by atoms with E-state index in [9.17, 15) is 0 Å². The molecule has 5 nitrogen and oxygen atoms in total. The van der Waals surface area contributed by atoms with Crippen LogP contribution in [0.4, 0.5) is 5.95 Å². The van der Waals surface area contributed by atoms with Crippen LogP contribution in [0.25, 0.3) is 10.7 Å². The lowest BCUT2D eigenvalue weighted by Crippen LogP contribution is -1.89. The first-order chi connectivity index (χ1) is 6.25. The Hall–Kier alpha value is -1.56. The Kier molecular flexibility index (Phi) is 1.90. The van der Waals surface area contributed by atoms with Crippen molar-refractivity contribution in [3.63, 3.8) is 0 Å². The van der Waals surface area contributed by atoms with E-state index in [2.05, 4.69) is 19.3 Å². The van der Waals surface area contributed by atoms with E-state index < -0.39 is 0 Å². The summed E-state index contributed by atoms with van der Waals surface area (Å²) in [5.74, 6) is 0.280. The Morgan fingerprint density at radius 1 is 1.31 bits per heavy atom. The highest BCUT2D eigenvalue weighted by atomic mass is 32.1. The van der Waals surface area contributed by atoms with Crippen molar-refractivity contribution >= 4 is 17.5 Å². The van der Waals surface area contributed by atoms with Crippen LogP contribution in [0.1, 0.15) is 5.69 Å². The van der Waals surface area contributed by atoms with Crippen LogP contribution in [-0.4, -0.2) is 19.3 Å². The van der Waals surface area contributed by atoms with E-state index in [0.29, 0.717) is 10.7 Å². The van der Waals surface area contributed by atoms with Crippen molar-refractivity contribution in [2.45, 2.75) is 6.92 Å². The third-order valence-electron chi connectivity index (χ3n) is 1.44. The van der Waals surface area contributed by atoms with E-state index in [-0.39, 0.29) is 5.95 Å². The average molecular weight is 193 g/mol. The first kappa shape index (κ1) is 8.06. The largest absolute Gasteiger partial charge is 0.367 e. The van der Waals surface area contributed by atoms with Crippen LogP contribution in [0.3, 0.4) is 0 Å². The Morgan fingerprint density at radius 3 is 2.69 bits per heavy atom. The number of aromatic nitrogens is 4. The summed E-state index contributed by atoms with van der Waals surface area (Å²) in [4.78, 5) is 12.2. The molecule has 0 radical (unpaired) electrons. The van der Waals surface area contributed by atoms with Crippen LogP contribution < -0.4 is 5.73 Å². The summed E-state index contributed by atoms with van der Waals surface area (Å²) in [6, 6.07) is 0. The first-order valence-electron chi connectivity index (χ1n) is 3.64. The predicted octanol–water partition coefficient (Wildman–Crippen LogP) is 0.886. The smallest absolute Gasteiger partial charge is 0.232 e. The molecular weight excluding hydrogens is 186 g/mol. The van der Waals surface area contributed by atoms with Crippen molar-refractivity contribution in [2.75, 3.05) is 5.73 Å². The van der Waals surface area contributed by atoms with Gasteiger partial charge in [-0.25, -0.2) is 0 Å². The number of nitrogens with zero attached hydrogens (tertiary/aromatic N) is 4. The van der Waals surface area contributed by atoms with E-state index in [0.717, 1.165) is 5.69 Å². The molecule has 13 heavy (non-hydrogen) atoms. The van der Waals surface area contributed by atoms with Crippen LogP contribution in [0.5, 0.6) is 0 Å². The van der Waals surface area contributed by atoms with Crippen molar-refractivity contribution in [1.82, 2.24) is 19.3 Å². The zero-order valence-corrected chi connectivity index (χ0v) is 7.75. The fraction of sp³-hybridized carbons (Fsp3) is 0.143. The summed E-state index contributed by atoms with van der Waals surface area (Å²) in [5.41, 5.74) is 6.97. The maximum absolute atomic E-state index is 5.39. The molecule has 2 heterocycles. The first-order valence-corrected chi connectivity index (χ1v) is 4.41. The van der Waals surface area contributed by atoms with Gasteiger partial charge in [-0.1, -0.05) is 0 Å². The predicted molar refractivity (Wildman–Crippen MR) is 50.1 cm³/mol. The van der Waals surface area contributed by atoms with Gasteiger partial charge in [0.15, 0.2) is 5.01 Å². The van der Waals surface area contributed by atoms with Crippen molar-refractivity contribution in [3.8, 4) is 10.7 Å². The van der Waals surface area contributed by atoms with E-state index in [1.54, 1.807) is 12.4 Å². The van der Waals surface area contributed by atoms with Gasteiger partial charge in [0.25, 0.3) is 0 Å². The minimum absolute atomic E-state index is 0.280. The summed E-state index contributed by atoms with van der Waals surface area (Å²) in [6.07, 6.45) is 3.35. The van der Waals surface area contributed by atoms with Crippen LogP contribution >= 0.6 is 11.5 Å². The lowest BCUT2D eigenvalue weighted by molar-refractivity contribution is 1.12. The van der Waals surface area contributed by atoms with Crippen LogP contribution in [-0.2, 0) is 0 Å². The van der Waals surface area contributed by atoms with Gasteiger partial charge in [-0.15, -0.1) is 0 Å². The normalized spacial score (nSPS) is 10.2. The molecule has 0 amide bonds. The van der Waals surface area contributed by atoms with Gasteiger partial charge in [0, 0.05) is 6.20 Å². The zero-order chi connectivity index (χ0) is 9.26. The number of nitrogen functional groups attached to an aromatic ring is 1. The molecule has 2 N–H and O–H groups in total. The second-order valence-electron chi connectivity index (χ2n) is 2.50. The lowest BCUT2D eigenvalue weighted by Gasteiger charge is -1.93. The highest BCUT2D eigenvalue weighted by Gasteiger charge is 2.04. The minimum atomic E-state index is 0.280. The Labute approximate surface area is 78.9 Å². The quantitative estimate of drug-likeness (QED) is 0.727. The molecule has 0 spiro atoms. The van der Waals surface area contributed by atoms with Crippen molar-refractivity contribution < 1.29 is 0 Å². The van der Waals surface area contributed by atoms with E-state index in [1.807, 2.05) is 6.92 Å². The van der Waals surface area contributed by atoms with Gasteiger partial charge in [0.2, 0.25) is 5.95 Å². The van der Waals surface area contributed by atoms with Gasteiger partial charge in [-0.3, -0.25) is 9.97 Å². The second-order valence-corrected chi connectivity index (χ2v) is 3.25. The van der Waals surface area contributed by atoms with Gasteiger partial charge in [0.05, 0.1) is 11.9 Å². The third-order valence-corrected chi connectivity index (χ3v) is 2.19. The second kappa shape index (κ2) is 3.06. The van der Waals surface area contributed by atoms with Gasteiger partial charge >= 0.3 is 0 Å². The topological polar surface area (TPSA) is 77.6 Å². The van der Waals surface area contributed by atoms with E-state index in [4.69, 9.17) is 5.73 Å². The van der Waals surface area contributed by atoms with Crippen molar-refractivity contribution in [2.24, 2.45) is 0 Å². The molecule has 0 fully saturated rings. The van der Waals surface area contributed by atoms with Gasteiger partial charge in [-0.2, -0.15) is 9.36 Å². The molecule has 0 bridgehead atoms. The summed E-state index contributed by atoms with van der Waals surface area (Å²) >= 11 is 1.22. The fourth-order valence-electron chi connectivity index (χ4n) is 0.842. The highest BCUT2D eigenvalue weighted by molar-refractivity contribution is 7.09. The number of aryl methyl sites for hydroxylation is 1. The molecule has 6 heteroatoms. The molecule has 2 rings (SSSR count). The molecule has 0 atom stereocenters. The molecule has 2 aromatic heterocycles. The van der Waals surface area contributed by atoms with E-state index >= 15 is 0 Å². The fourth-order valence-corrected chi connectivity index (χ4v) is 1.40.